The molecule has 6 nitrogen and oxygen atoms in total. The van der Waals surface area contributed by atoms with Crippen molar-refractivity contribution in [3.05, 3.63) is 41.3 Å². The predicted molar refractivity (Wildman–Crippen MR) is 119 cm³/mol. The summed E-state index contributed by atoms with van der Waals surface area (Å²) in [6.07, 6.45) is 3.63. The molecule has 6 heteroatoms. The van der Waals surface area contributed by atoms with Crippen LogP contribution < -0.4 is 0 Å². The summed E-state index contributed by atoms with van der Waals surface area (Å²) in [7, 11) is 0. The Hall–Kier alpha value is -2.18. The topological polar surface area (TPSA) is 81.8 Å². The molecule has 3 atom stereocenters. The number of carboxylic acids is 1. The summed E-state index contributed by atoms with van der Waals surface area (Å²) in [5, 5.41) is 9.30. The third kappa shape index (κ3) is 6.65. The lowest BCUT2D eigenvalue weighted by Gasteiger charge is -2.30. The molecule has 1 unspecified atom stereocenters. The third-order valence-electron chi connectivity index (χ3n) is 6.04. The lowest BCUT2D eigenvalue weighted by Crippen LogP contribution is -2.32. The zero-order valence-electron chi connectivity index (χ0n) is 19.1. The van der Waals surface area contributed by atoms with Crippen LogP contribution in [-0.4, -0.2) is 35.4 Å². The van der Waals surface area contributed by atoms with Crippen LogP contribution in [0.5, 0.6) is 0 Å². The van der Waals surface area contributed by atoms with Gasteiger partial charge in [0.15, 0.2) is 6.10 Å². The Bertz CT molecular complexity index is 842. The number of carboxylic acid groups (broad SMARTS) is 1. The molecule has 31 heavy (non-hydrogen) atoms. The first-order valence-corrected chi connectivity index (χ1v) is 11.3. The Morgan fingerprint density at radius 3 is 2.48 bits per heavy atom. The van der Waals surface area contributed by atoms with Gasteiger partial charge in [-0.3, -0.25) is 0 Å². The van der Waals surface area contributed by atoms with Gasteiger partial charge in [-0.05, 0) is 63.0 Å². The Balaban J connectivity index is 1.46. The number of benzene rings is 1. The summed E-state index contributed by atoms with van der Waals surface area (Å²) in [5.74, 6) is 1.37. The van der Waals surface area contributed by atoms with Gasteiger partial charge in [0.05, 0.1) is 13.2 Å². The van der Waals surface area contributed by atoms with Gasteiger partial charge < -0.3 is 19.0 Å². The Labute approximate surface area is 185 Å². The van der Waals surface area contributed by atoms with E-state index in [0.717, 1.165) is 42.7 Å². The summed E-state index contributed by atoms with van der Waals surface area (Å²) in [6.45, 7) is 9.36. The minimum atomic E-state index is -0.876. The number of aryl methyl sites for hydroxylation is 2. The van der Waals surface area contributed by atoms with Crippen molar-refractivity contribution >= 4 is 5.97 Å². The summed E-state index contributed by atoms with van der Waals surface area (Å²) in [6, 6.07) is 8.13. The Morgan fingerprint density at radius 1 is 1.16 bits per heavy atom. The fourth-order valence-corrected chi connectivity index (χ4v) is 4.20. The van der Waals surface area contributed by atoms with Crippen LogP contribution in [-0.2, 0) is 20.9 Å². The van der Waals surface area contributed by atoms with Crippen molar-refractivity contribution in [3.63, 3.8) is 0 Å². The highest BCUT2D eigenvalue weighted by atomic mass is 16.5. The standard InChI is InChI=1S/C25H35NO5/c1-16(2)23(25(27)28)30-14-20-7-5-6-19(12-20)13-29-15-22-18(4)31-24(26-22)21-10-8-17(3)9-11-21/h8-11,16,19-20,23H,5-7,12-15H2,1-4H3,(H,27,28)/t19-,20+,23?/m0/s1. The first kappa shape index (κ1) is 23.5. The van der Waals surface area contributed by atoms with Gasteiger partial charge in [0, 0.05) is 12.2 Å². The molecule has 0 radical (unpaired) electrons. The summed E-state index contributed by atoms with van der Waals surface area (Å²) < 4.78 is 17.6. The van der Waals surface area contributed by atoms with Crippen LogP contribution in [0.1, 0.15) is 56.5 Å². The van der Waals surface area contributed by atoms with E-state index in [1.165, 1.54) is 5.56 Å². The summed E-state index contributed by atoms with van der Waals surface area (Å²) in [5.41, 5.74) is 3.01. The average molecular weight is 430 g/mol. The first-order valence-electron chi connectivity index (χ1n) is 11.3. The molecular weight excluding hydrogens is 394 g/mol. The molecule has 1 aliphatic rings. The van der Waals surface area contributed by atoms with E-state index in [2.05, 4.69) is 11.9 Å². The number of carbonyl (C=O) groups is 1. The smallest absolute Gasteiger partial charge is 0.333 e. The monoisotopic (exact) mass is 429 g/mol. The second kappa shape index (κ2) is 10.9. The maximum Gasteiger partial charge on any atom is 0.333 e. The molecule has 1 fully saturated rings. The zero-order valence-corrected chi connectivity index (χ0v) is 19.1. The summed E-state index contributed by atoms with van der Waals surface area (Å²) in [4.78, 5) is 16.0. The second-order valence-corrected chi connectivity index (χ2v) is 9.14. The van der Waals surface area contributed by atoms with Crippen LogP contribution in [0.25, 0.3) is 11.5 Å². The highest BCUT2D eigenvalue weighted by Gasteiger charge is 2.27. The number of oxazole rings is 1. The quantitative estimate of drug-likeness (QED) is 0.544. The van der Waals surface area contributed by atoms with Gasteiger partial charge in [0.1, 0.15) is 11.5 Å². The van der Waals surface area contributed by atoms with Gasteiger partial charge >= 0.3 is 5.97 Å². The van der Waals surface area contributed by atoms with E-state index >= 15 is 0 Å². The van der Waals surface area contributed by atoms with Crippen LogP contribution in [0, 0.1) is 31.6 Å². The maximum absolute atomic E-state index is 11.3. The Kier molecular flexibility index (Phi) is 8.27. The molecule has 0 saturated heterocycles. The molecule has 2 aromatic rings. The van der Waals surface area contributed by atoms with Gasteiger partial charge in [-0.1, -0.05) is 38.0 Å². The molecular formula is C25H35NO5. The number of hydrogen-bond donors (Lipinski definition) is 1. The van der Waals surface area contributed by atoms with Gasteiger partial charge in [-0.2, -0.15) is 0 Å². The Morgan fingerprint density at radius 2 is 1.84 bits per heavy atom. The molecule has 3 rings (SSSR count). The molecule has 0 amide bonds. The number of aliphatic carboxylic acids is 1. The average Bonchev–Trinajstić information content (AvgIpc) is 3.09. The second-order valence-electron chi connectivity index (χ2n) is 9.14. The fraction of sp³-hybridized carbons (Fsp3) is 0.600. The molecule has 1 N–H and O–H groups in total. The molecule has 0 spiro atoms. The molecule has 0 aliphatic heterocycles. The van der Waals surface area contributed by atoms with Crippen LogP contribution in [0.15, 0.2) is 28.7 Å². The SMILES string of the molecule is Cc1ccc(-c2nc(COC[C@H]3CCC[C@@H](COC(C(=O)O)C(C)C)C3)c(C)o2)cc1. The van der Waals surface area contributed by atoms with Crippen molar-refractivity contribution in [2.24, 2.45) is 17.8 Å². The van der Waals surface area contributed by atoms with Crippen molar-refractivity contribution in [3.8, 4) is 11.5 Å². The number of rotatable bonds is 10. The minimum absolute atomic E-state index is 0.0317. The van der Waals surface area contributed by atoms with E-state index in [9.17, 15) is 9.90 Å². The number of hydrogen-bond acceptors (Lipinski definition) is 5. The van der Waals surface area contributed by atoms with Crippen LogP contribution in [0.2, 0.25) is 0 Å². The highest BCUT2D eigenvalue weighted by molar-refractivity contribution is 5.72. The van der Waals surface area contributed by atoms with Gasteiger partial charge in [-0.25, -0.2) is 9.78 Å². The lowest BCUT2D eigenvalue weighted by atomic mass is 9.82. The van der Waals surface area contributed by atoms with Crippen molar-refractivity contribution in [1.29, 1.82) is 0 Å². The maximum atomic E-state index is 11.3. The lowest BCUT2D eigenvalue weighted by molar-refractivity contribution is -0.154. The normalized spacial score (nSPS) is 20.2. The minimum Gasteiger partial charge on any atom is -0.479 e. The third-order valence-corrected chi connectivity index (χ3v) is 6.04. The van der Waals surface area contributed by atoms with E-state index in [1.54, 1.807) is 0 Å². The van der Waals surface area contributed by atoms with E-state index in [1.807, 2.05) is 45.0 Å². The van der Waals surface area contributed by atoms with E-state index in [0.29, 0.717) is 37.5 Å². The fourth-order valence-electron chi connectivity index (χ4n) is 4.20. The van der Waals surface area contributed by atoms with Crippen molar-refractivity contribution in [2.75, 3.05) is 13.2 Å². The molecule has 1 aliphatic carbocycles. The van der Waals surface area contributed by atoms with Crippen LogP contribution >= 0.6 is 0 Å². The molecule has 0 bridgehead atoms. The van der Waals surface area contributed by atoms with Gasteiger partial charge in [0.25, 0.3) is 0 Å². The first-order chi connectivity index (χ1) is 14.8. The van der Waals surface area contributed by atoms with E-state index in [4.69, 9.17) is 13.9 Å². The van der Waals surface area contributed by atoms with E-state index in [-0.39, 0.29) is 5.92 Å². The summed E-state index contributed by atoms with van der Waals surface area (Å²) >= 11 is 0. The number of aromatic nitrogens is 1. The molecule has 170 valence electrons. The molecule has 1 aromatic heterocycles. The van der Waals surface area contributed by atoms with Crippen molar-refractivity contribution < 1.29 is 23.8 Å². The molecule has 1 aromatic carbocycles. The van der Waals surface area contributed by atoms with Gasteiger partial charge in [0.2, 0.25) is 5.89 Å². The predicted octanol–water partition coefficient (Wildman–Crippen LogP) is 5.41. The highest BCUT2D eigenvalue weighted by Crippen LogP contribution is 2.30. The zero-order chi connectivity index (χ0) is 22.4. The molecule has 1 heterocycles. The van der Waals surface area contributed by atoms with Crippen LogP contribution in [0.3, 0.4) is 0 Å². The largest absolute Gasteiger partial charge is 0.479 e. The molecule has 1 saturated carbocycles. The van der Waals surface area contributed by atoms with E-state index < -0.39 is 12.1 Å². The number of ether oxygens (including phenoxy) is 2. The van der Waals surface area contributed by atoms with Crippen molar-refractivity contribution in [1.82, 2.24) is 4.98 Å². The van der Waals surface area contributed by atoms with Gasteiger partial charge in [-0.15, -0.1) is 0 Å². The van der Waals surface area contributed by atoms with Crippen molar-refractivity contribution in [2.45, 2.75) is 66.1 Å². The number of nitrogens with zero attached hydrogens (tertiary/aromatic N) is 1. The van der Waals surface area contributed by atoms with Crippen LogP contribution in [0.4, 0.5) is 0 Å².